The lowest BCUT2D eigenvalue weighted by molar-refractivity contribution is 0.292. The molecule has 0 aliphatic rings. The highest BCUT2D eigenvalue weighted by atomic mass is 16.5. The second kappa shape index (κ2) is 7.48. The third-order valence-corrected chi connectivity index (χ3v) is 2.81. The van der Waals surface area contributed by atoms with Crippen molar-refractivity contribution >= 4 is 5.82 Å². The molecule has 1 N–H and O–H groups in total. The lowest BCUT2D eigenvalue weighted by atomic mass is 10.2. The molecule has 0 unspecified atom stereocenters. The monoisotopic (exact) mass is 271 g/mol. The molecule has 0 fully saturated rings. The Hall–Kier alpha value is -2.10. The van der Waals surface area contributed by atoms with Crippen LogP contribution < -0.4 is 10.1 Å². The molecular formula is C16H21N3O. The summed E-state index contributed by atoms with van der Waals surface area (Å²) in [7, 11) is 0. The number of benzene rings is 1. The summed E-state index contributed by atoms with van der Waals surface area (Å²) in [5, 5.41) is 3.21. The van der Waals surface area contributed by atoms with Crippen LogP contribution >= 0.6 is 0 Å². The predicted molar refractivity (Wildman–Crippen MR) is 81.0 cm³/mol. The van der Waals surface area contributed by atoms with Gasteiger partial charge in [-0.1, -0.05) is 37.3 Å². The summed E-state index contributed by atoms with van der Waals surface area (Å²) in [4.78, 5) is 8.91. The number of nitrogens with zero attached hydrogens (tertiary/aromatic N) is 2. The van der Waals surface area contributed by atoms with Crippen LogP contribution in [0.2, 0.25) is 0 Å². The highest BCUT2D eigenvalue weighted by molar-refractivity contribution is 5.38. The Balaban J connectivity index is 2.09. The van der Waals surface area contributed by atoms with Crippen molar-refractivity contribution in [2.75, 3.05) is 11.9 Å². The van der Waals surface area contributed by atoms with Crippen LogP contribution in [-0.4, -0.2) is 16.5 Å². The Morgan fingerprint density at radius 2 is 1.90 bits per heavy atom. The van der Waals surface area contributed by atoms with Crippen molar-refractivity contribution in [1.82, 2.24) is 9.97 Å². The van der Waals surface area contributed by atoms with E-state index in [-0.39, 0.29) is 0 Å². The molecule has 20 heavy (non-hydrogen) atoms. The fourth-order valence-electron chi connectivity index (χ4n) is 1.89. The zero-order valence-corrected chi connectivity index (χ0v) is 12.1. The molecule has 0 atom stereocenters. The minimum atomic E-state index is 0.523. The number of anilines is 1. The van der Waals surface area contributed by atoms with E-state index in [1.165, 1.54) is 0 Å². The van der Waals surface area contributed by atoms with Crippen molar-refractivity contribution in [3.05, 3.63) is 47.8 Å². The van der Waals surface area contributed by atoms with Gasteiger partial charge in [0.1, 0.15) is 18.2 Å². The van der Waals surface area contributed by atoms with Crippen LogP contribution in [0.3, 0.4) is 0 Å². The van der Waals surface area contributed by atoms with Gasteiger partial charge in [-0.3, -0.25) is 0 Å². The first-order chi connectivity index (χ1) is 9.81. The highest BCUT2D eigenvalue weighted by Crippen LogP contribution is 2.16. The SMILES string of the molecule is CCCc1nc(NCC)cc(OCc2ccccc2)n1. The Bertz CT molecular complexity index is 504. The molecule has 1 aromatic heterocycles. The van der Waals surface area contributed by atoms with E-state index in [1.54, 1.807) is 0 Å². The number of ether oxygens (including phenoxy) is 1. The number of aryl methyl sites for hydroxylation is 1. The van der Waals surface area contributed by atoms with E-state index >= 15 is 0 Å². The van der Waals surface area contributed by atoms with Gasteiger partial charge in [-0.2, -0.15) is 4.98 Å². The van der Waals surface area contributed by atoms with Crippen molar-refractivity contribution in [2.24, 2.45) is 0 Å². The molecular weight excluding hydrogens is 250 g/mol. The van der Waals surface area contributed by atoms with E-state index in [1.807, 2.05) is 43.3 Å². The minimum absolute atomic E-state index is 0.523. The molecule has 2 aromatic rings. The van der Waals surface area contributed by atoms with Gasteiger partial charge in [0.15, 0.2) is 0 Å². The Morgan fingerprint density at radius 3 is 2.60 bits per heavy atom. The summed E-state index contributed by atoms with van der Waals surface area (Å²) in [6.45, 7) is 5.52. The lowest BCUT2D eigenvalue weighted by Crippen LogP contribution is -2.06. The van der Waals surface area contributed by atoms with Crippen LogP contribution in [0.4, 0.5) is 5.82 Å². The van der Waals surface area contributed by atoms with Gasteiger partial charge in [0.25, 0.3) is 0 Å². The minimum Gasteiger partial charge on any atom is -0.473 e. The number of aromatic nitrogens is 2. The normalized spacial score (nSPS) is 10.3. The van der Waals surface area contributed by atoms with E-state index in [0.29, 0.717) is 12.5 Å². The molecule has 0 bridgehead atoms. The number of hydrogen-bond donors (Lipinski definition) is 1. The fourth-order valence-corrected chi connectivity index (χ4v) is 1.89. The number of rotatable bonds is 7. The molecule has 0 aliphatic carbocycles. The summed E-state index contributed by atoms with van der Waals surface area (Å²) in [6.07, 6.45) is 1.88. The molecule has 4 nitrogen and oxygen atoms in total. The van der Waals surface area contributed by atoms with Gasteiger partial charge >= 0.3 is 0 Å². The Morgan fingerprint density at radius 1 is 1.10 bits per heavy atom. The third-order valence-electron chi connectivity index (χ3n) is 2.81. The molecule has 0 saturated carbocycles. The van der Waals surface area contributed by atoms with Crippen LogP contribution in [0.5, 0.6) is 5.88 Å². The molecule has 0 spiro atoms. The summed E-state index contributed by atoms with van der Waals surface area (Å²) < 4.78 is 5.77. The molecule has 1 heterocycles. The van der Waals surface area contributed by atoms with Gasteiger partial charge in [-0.25, -0.2) is 4.98 Å². The first-order valence-corrected chi connectivity index (χ1v) is 7.10. The van der Waals surface area contributed by atoms with Crippen LogP contribution in [0.25, 0.3) is 0 Å². The Labute approximate surface area is 120 Å². The number of hydrogen-bond acceptors (Lipinski definition) is 4. The smallest absolute Gasteiger partial charge is 0.219 e. The van der Waals surface area contributed by atoms with E-state index in [9.17, 15) is 0 Å². The largest absolute Gasteiger partial charge is 0.473 e. The zero-order chi connectivity index (χ0) is 14.2. The van der Waals surface area contributed by atoms with Crippen molar-refractivity contribution < 1.29 is 4.74 Å². The third kappa shape index (κ3) is 4.23. The standard InChI is InChI=1S/C16H21N3O/c1-3-8-14-18-15(17-4-2)11-16(19-14)20-12-13-9-6-5-7-10-13/h5-7,9-11H,3-4,8,12H2,1-2H3,(H,17,18,19). The Kier molecular flexibility index (Phi) is 5.35. The first kappa shape index (κ1) is 14.3. The molecule has 0 amide bonds. The summed E-state index contributed by atoms with van der Waals surface area (Å²) in [5.41, 5.74) is 1.13. The first-order valence-electron chi connectivity index (χ1n) is 7.10. The van der Waals surface area contributed by atoms with E-state index in [2.05, 4.69) is 22.2 Å². The van der Waals surface area contributed by atoms with Crippen LogP contribution in [0.15, 0.2) is 36.4 Å². The predicted octanol–water partition coefficient (Wildman–Crippen LogP) is 3.44. The molecule has 0 saturated heterocycles. The molecule has 0 radical (unpaired) electrons. The van der Waals surface area contributed by atoms with Crippen molar-refractivity contribution in [1.29, 1.82) is 0 Å². The van der Waals surface area contributed by atoms with Crippen LogP contribution in [0, 0.1) is 0 Å². The maximum Gasteiger partial charge on any atom is 0.219 e. The fraction of sp³-hybridized carbons (Fsp3) is 0.375. The molecule has 1 aromatic carbocycles. The molecule has 4 heteroatoms. The summed E-state index contributed by atoms with van der Waals surface area (Å²) in [5.74, 6) is 2.28. The maximum atomic E-state index is 5.77. The summed E-state index contributed by atoms with van der Waals surface area (Å²) in [6, 6.07) is 11.9. The van der Waals surface area contributed by atoms with E-state index in [4.69, 9.17) is 4.74 Å². The van der Waals surface area contributed by atoms with E-state index in [0.717, 1.165) is 36.6 Å². The average Bonchev–Trinajstić information content (AvgIpc) is 2.47. The highest BCUT2D eigenvalue weighted by Gasteiger charge is 2.05. The van der Waals surface area contributed by atoms with Gasteiger partial charge in [0.05, 0.1) is 0 Å². The van der Waals surface area contributed by atoms with Gasteiger partial charge in [-0.05, 0) is 18.9 Å². The maximum absolute atomic E-state index is 5.77. The molecule has 2 rings (SSSR count). The van der Waals surface area contributed by atoms with E-state index < -0.39 is 0 Å². The van der Waals surface area contributed by atoms with Gasteiger partial charge in [0.2, 0.25) is 5.88 Å². The summed E-state index contributed by atoms with van der Waals surface area (Å²) >= 11 is 0. The van der Waals surface area contributed by atoms with Crippen molar-refractivity contribution in [2.45, 2.75) is 33.3 Å². The molecule has 0 aliphatic heterocycles. The number of nitrogens with one attached hydrogen (secondary N) is 1. The van der Waals surface area contributed by atoms with Crippen molar-refractivity contribution in [3.8, 4) is 5.88 Å². The second-order valence-corrected chi connectivity index (χ2v) is 4.56. The van der Waals surface area contributed by atoms with Crippen LogP contribution in [-0.2, 0) is 13.0 Å². The topological polar surface area (TPSA) is 47.0 Å². The van der Waals surface area contributed by atoms with Gasteiger partial charge in [-0.15, -0.1) is 0 Å². The van der Waals surface area contributed by atoms with Gasteiger partial charge < -0.3 is 10.1 Å². The lowest BCUT2D eigenvalue weighted by Gasteiger charge is -2.10. The van der Waals surface area contributed by atoms with Crippen LogP contribution in [0.1, 0.15) is 31.7 Å². The second-order valence-electron chi connectivity index (χ2n) is 4.56. The van der Waals surface area contributed by atoms with Crippen molar-refractivity contribution in [3.63, 3.8) is 0 Å². The zero-order valence-electron chi connectivity index (χ0n) is 12.1. The molecule has 106 valence electrons. The quantitative estimate of drug-likeness (QED) is 0.838. The average molecular weight is 271 g/mol. The van der Waals surface area contributed by atoms with Gasteiger partial charge in [0, 0.05) is 19.0 Å².